The zero-order chi connectivity index (χ0) is 12.5. The number of aryl methyl sites for hydroxylation is 1. The van der Waals surface area contributed by atoms with Gasteiger partial charge in [0, 0.05) is 16.5 Å². The Hall–Kier alpha value is -1.49. The summed E-state index contributed by atoms with van der Waals surface area (Å²) in [6, 6.07) is 6.05. The van der Waals surface area contributed by atoms with E-state index in [1.54, 1.807) is 11.8 Å². The Labute approximate surface area is 110 Å². The largest absolute Gasteiger partial charge is 0.398 e. The summed E-state index contributed by atoms with van der Waals surface area (Å²) >= 11 is 1.65. The van der Waals surface area contributed by atoms with Crippen LogP contribution >= 0.6 is 11.8 Å². The van der Waals surface area contributed by atoms with Crippen LogP contribution in [0.4, 0.5) is 5.69 Å². The molecule has 18 heavy (non-hydrogen) atoms. The summed E-state index contributed by atoms with van der Waals surface area (Å²) in [5.41, 5.74) is 7.97. The van der Waals surface area contributed by atoms with E-state index in [-0.39, 0.29) is 0 Å². The minimum Gasteiger partial charge on any atom is -0.398 e. The van der Waals surface area contributed by atoms with E-state index in [0.717, 1.165) is 27.9 Å². The number of rotatable bonds is 4. The number of para-hydroxylation sites is 1. The van der Waals surface area contributed by atoms with Crippen molar-refractivity contribution in [2.75, 3.05) is 5.73 Å². The zero-order valence-electron chi connectivity index (χ0n) is 10.2. The van der Waals surface area contributed by atoms with E-state index in [1.165, 1.54) is 12.8 Å². The second-order valence-electron chi connectivity index (χ2n) is 4.60. The highest BCUT2D eigenvalue weighted by atomic mass is 32.2. The van der Waals surface area contributed by atoms with Crippen molar-refractivity contribution in [2.24, 2.45) is 0 Å². The first-order valence-corrected chi connectivity index (χ1v) is 7.03. The molecule has 1 heterocycles. The Morgan fingerprint density at radius 3 is 3.06 bits per heavy atom. The lowest BCUT2D eigenvalue weighted by molar-refractivity contribution is 0.375. The molecule has 1 saturated carbocycles. The first-order chi connectivity index (χ1) is 8.74. The van der Waals surface area contributed by atoms with Crippen molar-refractivity contribution in [3.8, 4) is 0 Å². The molecular weight excluding hydrogens is 246 g/mol. The van der Waals surface area contributed by atoms with Crippen LogP contribution in [0, 0.1) is 6.92 Å². The lowest BCUT2D eigenvalue weighted by Crippen LogP contribution is -1.93. The lowest BCUT2D eigenvalue weighted by Gasteiger charge is -2.05. The molecule has 2 N–H and O–H groups in total. The van der Waals surface area contributed by atoms with Crippen LogP contribution in [-0.2, 0) is 5.75 Å². The van der Waals surface area contributed by atoms with Crippen LogP contribution in [0.1, 0.15) is 36.0 Å². The molecule has 0 bridgehead atoms. The van der Waals surface area contributed by atoms with Gasteiger partial charge in [0.25, 0.3) is 0 Å². The maximum atomic E-state index is 6.03. The molecule has 0 saturated heterocycles. The third-order valence-corrected chi connectivity index (χ3v) is 4.12. The van der Waals surface area contributed by atoms with Gasteiger partial charge in [0.05, 0.1) is 5.75 Å². The molecule has 3 rings (SSSR count). The standard InChI is InChI=1S/C13H15N3OS/c1-8-3-2-4-10(12(8)14)18-7-11-15-13(17-16-11)9-5-6-9/h2-4,9H,5-7,14H2,1H3. The Bertz CT molecular complexity index is 563. The van der Waals surface area contributed by atoms with Crippen molar-refractivity contribution in [3.05, 3.63) is 35.5 Å². The zero-order valence-corrected chi connectivity index (χ0v) is 11.0. The average molecular weight is 261 g/mol. The first kappa shape index (κ1) is 11.6. The topological polar surface area (TPSA) is 64.9 Å². The Kier molecular flexibility index (Phi) is 2.99. The molecule has 1 aliphatic carbocycles. The molecular formula is C13H15N3OS. The van der Waals surface area contributed by atoms with Crippen LogP contribution in [-0.4, -0.2) is 10.1 Å². The van der Waals surface area contributed by atoms with E-state index in [2.05, 4.69) is 10.1 Å². The van der Waals surface area contributed by atoms with Crippen LogP contribution in [0.25, 0.3) is 0 Å². The van der Waals surface area contributed by atoms with E-state index in [1.807, 2.05) is 25.1 Å². The third kappa shape index (κ3) is 2.36. The van der Waals surface area contributed by atoms with Gasteiger partial charge in [0.2, 0.25) is 5.89 Å². The van der Waals surface area contributed by atoms with Crippen molar-refractivity contribution in [1.82, 2.24) is 10.1 Å². The number of nitrogens with two attached hydrogens (primary N) is 1. The van der Waals surface area contributed by atoms with Gasteiger partial charge in [-0.1, -0.05) is 17.3 Å². The molecule has 0 radical (unpaired) electrons. The van der Waals surface area contributed by atoms with Crippen molar-refractivity contribution >= 4 is 17.4 Å². The van der Waals surface area contributed by atoms with E-state index in [0.29, 0.717) is 11.7 Å². The molecule has 1 fully saturated rings. The minimum absolute atomic E-state index is 0.514. The molecule has 1 aromatic heterocycles. The summed E-state index contributed by atoms with van der Waals surface area (Å²) in [5, 5.41) is 4.00. The Morgan fingerprint density at radius 1 is 1.44 bits per heavy atom. The minimum atomic E-state index is 0.514. The maximum Gasteiger partial charge on any atom is 0.229 e. The fraction of sp³-hybridized carbons (Fsp3) is 0.385. The summed E-state index contributed by atoms with van der Waals surface area (Å²) < 4.78 is 5.23. The van der Waals surface area contributed by atoms with Gasteiger partial charge in [-0.2, -0.15) is 4.98 Å². The second-order valence-corrected chi connectivity index (χ2v) is 5.62. The van der Waals surface area contributed by atoms with Gasteiger partial charge in [-0.25, -0.2) is 0 Å². The van der Waals surface area contributed by atoms with Gasteiger partial charge >= 0.3 is 0 Å². The van der Waals surface area contributed by atoms with Crippen molar-refractivity contribution < 1.29 is 4.52 Å². The number of hydrogen-bond donors (Lipinski definition) is 1. The summed E-state index contributed by atoms with van der Waals surface area (Å²) in [6.45, 7) is 2.01. The highest BCUT2D eigenvalue weighted by Gasteiger charge is 2.29. The monoisotopic (exact) mass is 261 g/mol. The highest BCUT2D eigenvalue weighted by molar-refractivity contribution is 7.98. The first-order valence-electron chi connectivity index (χ1n) is 6.04. The van der Waals surface area contributed by atoms with Gasteiger partial charge in [0.15, 0.2) is 5.82 Å². The number of aromatic nitrogens is 2. The molecule has 4 nitrogen and oxygen atoms in total. The number of hydrogen-bond acceptors (Lipinski definition) is 5. The van der Waals surface area contributed by atoms with Gasteiger partial charge in [-0.15, -0.1) is 11.8 Å². The summed E-state index contributed by atoms with van der Waals surface area (Å²) in [4.78, 5) is 5.48. The predicted molar refractivity (Wildman–Crippen MR) is 71.4 cm³/mol. The molecule has 0 spiro atoms. The van der Waals surface area contributed by atoms with E-state index in [9.17, 15) is 0 Å². The van der Waals surface area contributed by atoms with E-state index >= 15 is 0 Å². The summed E-state index contributed by atoms with van der Waals surface area (Å²) in [5.74, 6) is 2.76. The van der Waals surface area contributed by atoms with Gasteiger partial charge in [-0.3, -0.25) is 0 Å². The molecule has 2 aromatic rings. The number of benzene rings is 1. The normalized spacial score (nSPS) is 14.9. The van der Waals surface area contributed by atoms with Crippen LogP contribution in [0.5, 0.6) is 0 Å². The summed E-state index contributed by atoms with van der Waals surface area (Å²) in [6.07, 6.45) is 2.36. The lowest BCUT2D eigenvalue weighted by atomic mass is 10.2. The number of nitrogens with zero attached hydrogens (tertiary/aromatic N) is 2. The van der Waals surface area contributed by atoms with Crippen molar-refractivity contribution in [3.63, 3.8) is 0 Å². The molecule has 0 atom stereocenters. The molecule has 0 aliphatic heterocycles. The van der Waals surface area contributed by atoms with E-state index < -0.39 is 0 Å². The highest BCUT2D eigenvalue weighted by Crippen LogP contribution is 2.39. The third-order valence-electron chi connectivity index (χ3n) is 3.05. The number of thioether (sulfide) groups is 1. The summed E-state index contributed by atoms with van der Waals surface area (Å²) in [7, 11) is 0. The van der Waals surface area contributed by atoms with Crippen molar-refractivity contribution in [2.45, 2.75) is 36.3 Å². The van der Waals surface area contributed by atoms with E-state index in [4.69, 9.17) is 10.3 Å². The van der Waals surface area contributed by atoms with Crippen LogP contribution in [0.2, 0.25) is 0 Å². The Balaban J connectivity index is 1.67. The van der Waals surface area contributed by atoms with Gasteiger partial charge in [-0.05, 0) is 31.4 Å². The SMILES string of the molecule is Cc1cccc(SCc2noc(C3CC3)n2)c1N. The maximum absolute atomic E-state index is 6.03. The molecule has 0 unspecified atom stereocenters. The van der Waals surface area contributed by atoms with Gasteiger partial charge in [0.1, 0.15) is 0 Å². The van der Waals surface area contributed by atoms with Crippen LogP contribution < -0.4 is 5.73 Å². The van der Waals surface area contributed by atoms with Crippen LogP contribution in [0.3, 0.4) is 0 Å². The molecule has 1 aromatic carbocycles. The number of nitrogen functional groups attached to an aromatic ring is 1. The molecule has 5 heteroatoms. The smallest absolute Gasteiger partial charge is 0.229 e. The second kappa shape index (κ2) is 4.65. The van der Waals surface area contributed by atoms with Crippen LogP contribution in [0.15, 0.2) is 27.6 Å². The quantitative estimate of drug-likeness (QED) is 0.676. The number of anilines is 1. The fourth-order valence-electron chi connectivity index (χ4n) is 1.74. The fourth-order valence-corrected chi connectivity index (χ4v) is 2.64. The molecule has 1 aliphatic rings. The molecule has 94 valence electrons. The molecule has 0 amide bonds. The van der Waals surface area contributed by atoms with Gasteiger partial charge < -0.3 is 10.3 Å². The average Bonchev–Trinajstić information content (AvgIpc) is 3.11. The van der Waals surface area contributed by atoms with Crippen molar-refractivity contribution in [1.29, 1.82) is 0 Å². The Morgan fingerprint density at radius 2 is 2.28 bits per heavy atom. The predicted octanol–water partition coefficient (Wildman–Crippen LogP) is 3.13.